The first-order chi connectivity index (χ1) is 16.9. The summed E-state index contributed by atoms with van der Waals surface area (Å²) in [6.45, 7) is 3.59. The van der Waals surface area contributed by atoms with Gasteiger partial charge < -0.3 is 14.6 Å². The highest BCUT2D eigenvalue weighted by atomic mass is 35.5. The Kier molecular flexibility index (Phi) is 7.86. The van der Waals surface area contributed by atoms with Crippen molar-refractivity contribution < 1.29 is 19.4 Å². The Labute approximate surface area is 210 Å². The van der Waals surface area contributed by atoms with Crippen LogP contribution in [-0.4, -0.2) is 33.1 Å². The smallest absolute Gasteiger partial charge is 0.306 e. The molecule has 2 aromatic heterocycles. The molecule has 7 nitrogen and oxygen atoms in total. The van der Waals surface area contributed by atoms with Crippen LogP contribution in [0.2, 0.25) is 5.02 Å². The monoisotopic (exact) mass is 495 g/mol. The second-order valence-electron chi connectivity index (χ2n) is 9.03. The third-order valence-electron chi connectivity index (χ3n) is 5.98. The number of aryl methyl sites for hydroxylation is 2. The van der Waals surface area contributed by atoms with Gasteiger partial charge in [0.1, 0.15) is 11.9 Å². The lowest BCUT2D eigenvalue weighted by Crippen LogP contribution is -2.18. The summed E-state index contributed by atoms with van der Waals surface area (Å²) in [4.78, 5) is 24.7. The predicted octanol–water partition coefficient (Wildman–Crippen LogP) is 6.01. The van der Waals surface area contributed by atoms with Crippen LogP contribution in [-0.2, 0) is 17.6 Å². The molecule has 5 rings (SSSR count). The molecule has 1 aliphatic carbocycles. The summed E-state index contributed by atoms with van der Waals surface area (Å²) in [5.74, 6) is -0.0249. The quantitative estimate of drug-likeness (QED) is 0.447. The summed E-state index contributed by atoms with van der Waals surface area (Å²) in [6, 6.07) is 7.69. The van der Waals surface area contributed by atoms with Crippen LogP contribution >= 0.6 is 11.6 Å². The van der Waals surface area contributed by atoms with Gasteiger partial charge in [-0.25, -0.2) is 4.98 Å². The standard InChI is InChI=1S/C24H24ClN3O4.C3H6/c1-13(24(29)30)8-15-4-5-16-6-7-20(32-21(16)9-15)19-12-27-23(14(2)28-19)17-10-22(31-3)26-11-18(17)25;1-2-3-1/h4-5,9-13,20H,6-8H2,1-3H3,(H,29,30);1-3H2. The Morgan fingerprint density at radius 2 is 2.00 bits per heavy atom. The minimum absolute atomic E-state index is 0.225. The van der Waals surface area contributed by atoms with Crippen LogP contribution in [0.1, 0.15) is 61.2 Å². The lowest BCUT2D eigenvalue weighted by Gasteiger charge is -2.26. The molecule has 2 unspecified atom stereocenters. The van der Waals surface area contributed by atoms with Crippen molar-refractivity contribution >= 4 is 17.6 Å². The highest BCUT2D eigenvalue weighted by Gasteiger charge is 2.25. The van der Waals surface area contributed by atoms with Crippen LogP contribution in [0.4, 0.5) is 0 Å². The average Bonchev–Trinajstić information content (AvgIpc) is 3.74. The molecular formula is C27H30ClN3O4. The molecule has 3 aromatic rings. The number of methoxy groups -OCH3 is 1. The number of hydrogen-bond acceptors (Lipinski definition) is 6. The van der Waals surface area contributed by atoms with Gasteiger partial charge in [0.05, 0.1) is 47.5 Å². The van der Waals surface area contributed by atoms with Crippen LogP contribution in [0.15, 0.2) is 36.7 Å². The second-order valence-corrected chi connectivity index (χ2v) is 9.43. The molecule has 0 amide bonds. The average molecular weight is 496 g/mol. The minimum Gasteiger partial charge on any atom is -0.484 e. The number of pyridine rings is 1. The number of halogens is 1. The molecule has 2 aliphatic rings. The van der Waals surface area contributed by atoms with Crippen molar-refractivity contribution in [1.82, 2.24) is 15.0 Å². The van der Waals surface area contributed by atoms with E-state index in [4.69, 9.17) is 26.1 Å². The highest BCUT2D eigenvalue weighted by molar-refractivity contribution is 6.33. The maximum absolute atomic E-state index is 11.2. The van der Waals surface area contributed by atoms with E-state index in [0.717, 1.165) is 41.1 Å². The van der Waals surface area contributed by atoms with E-state index in [9.17, 15) is 9.90 Å². The van der Waals surface area contributed by atoms with E-state index < -0.39 is 11.9 Å². The molecule has 0 radical (unpaired) electrons. The maximum atomic E-state index is 11.2. The zero-order valence-electron chi connectivity index (χ0n) is 20.3. The van der Waals surface area contributed by atoms with E-state index in [1.165, 1.54) is 25.5 Å². The molecule has 1 aromatic carbocycles. The van der Waals surface area contributed by atoms with Crippen LogP contribution in [0.5, 0.6) is 11.6 Å². The third kappa shape index (κ3) is 6.28. The predicted molar refractivity (Wildman–Crippen MR) is 134 cm³/mol. The first-order valence-electron chi connectivity index (χ1n) is 11.9. The van der Waals surface area contributed by atoms with E-state index in [-0.39, 0.29) is 6.10 Å². The van der Waals surface area contributed by atoms with Crippen LogP contribution in [0.3, 0.4) is 0 Å². The number of carboxylic acid groups (broad SMARTS) is 1. The Bertz CT molecular complexity index is 1210. The normalized spacial score (nSPS) is 16.7. The van der Waals surface area contributed by atoms with Gasteiger partial charge in [0.2, 0.25) is 5.88 Å². The van der Waals surface area contributed by atoms with Gasteiger partial charge in [0, 0.05) is 11.6 Å². The summed E-state index contributed by atoms with van der Waals surface area (Å²) in [7, 11) is 1.55. The third-order valence-corrected chi connectivity index (χ3v) is 6.28. The number of ether oxygens (including phenoxy) is 2. The van der Waals surface area contributed by atoms with Crippen molar-refractivity contribution in [3.8, 4) is 22.9 Å². The molecule has 2 atom stereocenters. The largest absolute Gasteiger partial charge is 0.484 e. The van der Waals surface area contributed by atoms with Gasteiger partial charge in [-0.1, -0.05) is 49.9 Å². The number of aliphatic carboxylic acids is 1. The number of carboxylic acids is 1. The van der Waals surface area contributed by atoms with Crippen LogP contribution < -0.4 is 9.47 Å². The van der Waals surface area contributed by atoms with Gasteiger partial charge in [0.15, 0.2) is 0 Å². The fourth-order valence-electron chi connectivity index (χ4n) is 3.82. The summed E-state index contributed by atoms with van der Waals surface area (Å²) >= 11 is 6.33. The van der Waals surface area contributed by atoms with Crippen LogP contribution in [0.25, 0.3) is 11.3 Å². The van der Waals surface area contributed by atoms with Gasteiger partial charge in [-0.2, -0.15) is 0 Å². The fourth-order valence-corrected chi connectivity index (χ4v) is 4.01. The molecule has 0 saturated heterocycles. The summed E-state index contributed by atoms with van der Waals surface area (Å²) in [5.41, 5.74) is 4.92. The summed E-state index contributed by atoms with van der Waals surface area (Å²) < 4.78 is 11.5. The molecule has 1 N–H and O–H groups in total. The van der Waals surface area contributed by atoms with Crippen molar-refractivity contribution in [1.29, 1.82) is 0 Å². The number of carbonyl (C=O) groups is 1. The lowest BCUT2D eigenvalue weighted by molar-refractivity contribution is -0.141. The van der Waals surface area contributed by atoms with Gasteiger partial charge in [-0.3, -0.25) is 14.8 Å². The molecule has 0 spiro atoms. The number of rotatable bonds is 6. The topological polar surface area (TPSA) is 94.4 Å². The van der Waals surface area contributed by atoms with E-state index in [1.54, 1.807) is 26.3 Å². The first-order valence-corrected chi connectivity index (χ1v) is 12.3. The number of hydrogen-bond donors (Lipinski definition) is 1. The van der Waals surface area contributed by atoms with E-state index in [2.05, 4.69) is 9.97 Å². The fraction of sp³-hybridized carbons (Fsp3) is 0.407. The molecule has 1 aliphatic heterocycles. The van der Waals surface area contributed by atoms with Crippen molar-refractivity contribution in [2.45, 2.75) is 58.5 Å². The molecule has 35 heavy (non-hydrogen) atoms. The summed E-state index contributed by atoms with van der Waals surface area (Å²) in [6.07, 6.45) is 9.63. The highest BCUT2D eigenvalue weighted by Crippen LogP contribution is 2.36. The van der Waals surface area contributed by atoms with Gasteiger partial charge in [-0.15, -0.1) is 0 Å². The molecule has 1 fully saturated rings. The molecule has 1 saturated carbocycles. The van der Waals surface area contributed by atoms with Crippen LogP contribution in [0, 0.1) is 12.8 Å². The van der Waals surface area contributed by atoms with Crippen molar-refractivity contribution in [2.75, 3.05) is 7.11 Å². The maximum Gasteiger partial charge on any atom is 0.306 e. The zero-order chi connectivity index (χ0) is 24.9. The van der Waals surface area contributed by atoms with Gasteiger partial charge >= 0.3 is 5.97 Å². The van der Waals surface area contributed by atoms with Gasteiger partial charge in [-0.05, 0) is 43.4 Å². The van der Waals surface area contributed by atoms with E-state index >= 15 is 0 Å². The Morgan fingerprint density at radius 1 is 1.23 bits per heavy atom. The number of fused-ring (bicyclic) bond motifs is 1. The SMILES string of the molecule is C1CC1.COc1cc(-c2ncc(C3CCc4ccc(CC(C)C(=O)O)cc4O3)nc2C)c(Cl)cn1. The van der Waals surface area contributed by atoms with Crippen molar-refractivity contribution in [3.05, 3.63) is 64.2 Å². The molecule has 184 valence electrons. The first kappa shape index (κ1) is 24.9. The van der Waals surface area contributed by atoms with Crippen molar-refractivity contribution in [2.24, 2.45) is 5.92 Å². The lowest BCUT2D eigenvalue weighted by atomic mass is 9.95. The molecule has 3 heterocycles. The van der Waals surface area contributed by atoms with Crippen molar-refractivity contribution in [3.63, 3.8) is 0 Å². The number of aromatic nitrogens is 3. The second kappa shape index (κ2) is 11.0. The Hall–Kier alpha value is -3.19. The number of nitrogens with zero attached hydrogens (tertiary/aromatic N) is 3. The summed E-state index contributed by atoms with van der Waals surface area (Å²) in [5, 5.41) is 9.66. The molecule has 8 heteroatoms. The van der Waals surface area contributed by atoms with E-state index in [0.29, 0.717) is 28.6 Å². The van der Waals surface area contributed by atoms with Gasteiger partial charge in [0.25, 0.3) is 0 Å². The molecule has 0 bridgehead atoms. The van der Waals surface area contributed by atoms with E-state index in [1.807, 2.05) is 25.1 Å². The Balaban J connectivity index is 0.000000894. The minimum atomic E-state index is -0.806. The zero-order valence-corrected chi connectivity index (χ0v) is 21.0. The molecular weight excluding hydrogens is 466 g/mol. The number of benzene rings is 1. The Morgan fingerprint density at radius 3 is 2.66 bits per heavy atom.